The fraction of sp³-hybridized carbons (Fsp3) is 0.0455. The Bertz CT molecular complexity index is 1300. The molecule has 1 N–H and O–H groups in total. The lowest BCUT2D eigenvalue weighted by atomic mass is 10.1. The Morgan fingerprint density at radius 3 is 2.41 bits per heavy atom. The minimum atomic E-state index is -0.409. The van der Waals surface area contributed by atoms with Crippen LogP contribution >= 0.6 is 27.5 Å². The van der Waals surface area contributed by atoms with Crippen molar-refractivity contribution in [2.45, 2.75) is 6.92 Å². The van der Waals surface area contributed by atoms with Gasteiger partial charge in [0.15, 0.2) is 5.69 Å². The van der Waals surface area contributed by atoms with Gasteiger partial charge in [0.1, 0.15) is 0 Å². The lowest BCUT2D eigenvalue weighted by Gasteiger charge is -2.12. The third kappa shape index (κ3) is 3.81. The maximum Gasteiger partial charge on any atom is 0.279 e. The maximum atomic E-state index is 13.1. The number of anilines is 1. The predicted molar refractivity (Wildman–Crippen MR) is 119 cm³/mol. The number of hydrogen-bond donors (Lipinski definition) is 1. The quantitative estimate of drug-likeness (QED) is 0.440. The summed E-state index contributed by atoms with van der Waals surface area (Å²) < 4.78 is 1.98. The molecule has 0 saturated carbocycles. The molecule has 0 spiro atoms. The molecule has 7 heteroatoms. The van der Waals surface area contributed by atoms with Crippen LogP contribution in [-0.4, -0.2) is 15.7 Å². The van der Waals surface area contributed by atoms with E-state index in [-0.39, 0.29) is 11.3 Å². The van der Waals surface area contributed by atoms with Crippen LogP contribution in [0.5, 0.6) is 0 Å². The molecule has 4 rings (SSSR count). The van der Waals surface area contributed by atoms with Crippen molar-refractivity contribution in [3.05, 3.63) is 97.8 Å². The van der Waals surface area contributed by atoms with Crippen LogP contribution < -0.4 is 10.9 Å². The number of benzene rings is 3. The van der Waals surface area contributed by atoms with Gasteiger partial charge in [-0.15, -0.1) is 0 Å². The standard InChI is InChI=1S/C22H15BrClN3O2/c1-13-6-11-19(18(23)12-13)25-21(28)20-16-4-2-3-5-17(16)22(29)27(26-20)15-9-7-14(24)8-10-15/h2-12H,1H3,(H,25,28). The van der Waals surface area contributed by atoms with Crippen molar-refractivity contribution >= 4 is 49.9 Å². The number of amides is 1. The van der Waals surface area contributed by atoms with Crippen molar-refractivity contribution < 1.29 is 4.79 Å². The molecule has 1 heterocycles. The van der Waals surface area contributed by atoms with E-state index in [0.717, 1.165) is 10.0 Å². The maximum absolute atomic E-state index is 13.1. The smallest absolute Gasteiger partial charge is 0.279 e. The van der Waals surface area contributed by atoms with Crippen molar-refractivity contribution in [1.82, 2.24) is 9.78 Å². The van der Waals surface area contributed by atoms with E-state index in [9.17, 15) is 9.59 Å². The topological polar surface area (TPSA) is 64.0 Å². The second-order valence-corrected chi connectivity index (χ2v) is 7.82. The molecule has 0 aliphatic heterocycles. The minimum absolute atomic E-state index is 0.155. The first kappa shape index (κ1) is 19.4. The molecule has 4 aromatic rings. The minimum Gasteiger partial charge on any atom is -0.320 e. The highest BCUT2D eigenvalue weighted by Crippen LogP contribution is 2.25. The van der Waals surface area contributed by atoms with Crippen LogP contribution in [0.1, 0.15) is 16.1 Å². The van der Waals surface area contributed by atoms with Gasteiger partial charge < -0.3 is 5.32 Å². The van der Waals surface area contributed by atoms with Crippen molar-refractivity contribution in [2.24, 2.45) is 0 Å². The summed E-state index contributed by atoms with van der Waals surface area (Å²) in [6.07, 6.45) is 0. The molecule has 29 heavy (non-hydrogen) atoms. The zero-order valence-electron chi connectivity index (χ0n) is 15.3. The summed E-state index contributed by atoms with van der Waals surface area (Å²) in [5.41, 5.74) is 2.06. The molecule has 5 nitrogen and oxygen atoms in total. The summed E-state index contributed by atoms with van der Waals surface area (Å²) in [5.74, 6) is -0.409. The largest absolute Gasteiger partial charge is 0.320 e. The molecule has 0 aliphatic rings. The van der Waals surface area contributed by atoms with Crippen molar-refractivity contribution in [1.29, 1.82) is 0 Å². The zero-order valence-corrected chi connectivity index (χ0v) is 17.7. The average molecular weight is 469 g/mol. The average Bonchev–Trinajstić information content (AvgIpc) is 2.71. The van der Waals surface area contributed by atoms with E-state index in [2.05, 4.69) is 26.3 Å². The van der Waals surface area contributed by atoms with Gasteiger partial charge in [-0.05, 0) is 70.9 Å². The van der Waals surface area contributed by atoms with E-state index in [1.807, 2.05) is 25.1 Å². The highest BCUT2D eigenvalue weighted by atomic mass is 79.9. The Morgan fingerprint density at radius 1 is 1.03 bits per heavy atom. The summed E-state index contributed by atoms with van der Waals surface area (Å²) in [4.78, 5) is 26.1. The molecule has 3 aromatic carbocycles. The summed E-state index contributed by atoms with van der Waals surface area (Å²) >= 11 is 9.42. The van der Waals surface area contributed by atoms with Crippen molar-refractivity contribution in [3.63, 3.8) is 0 Å². The molecule has 0 bridgehead atoms. The lowest BCUT2D eigenvalue weighted by Crippen LogP contribution is -2.26. The predicted octanol–water partition coefficient (Wildman–Crippen LogP) is 5.36. The van der Waals surface area contributed by atoms with Crippen LogP contribution in [0.25, 0.3) is 16.5 Å². The van der Waals surface area contributed by atoms with E-state index < -0.39 is 5.91 Å². The van der Waals surface area contributed by atoms with Gasteiger partial charge in [-0.1, -0.05) is 35.9 Å². The molecule has 0 aliphatic carbocycles. The highest BCUT2D eigenvalue weighted by molar-refractivity contribution is 9.10. The van der Waals surface area contributed by atoms with Gasteiger partial charge in [-0.3, -0.25) is 9.59 Å². The van der Waals surface area contributed by atoms with Gasteiger partial charge in [0.2, 0.25) is 0 Å². The van der Waals surface area contributed by atoms with Gasteiger partial charge >= 0.3 is 0 Å². The third-order valence-electron chi connectivity index (χ3n) is 4.46. The Hall–Kier alpha value is -2.96. The number of carbonyl (C=O) groups is 1. The Balaban J connectivity index is 1.87. The number of aromatic nitrogens is 2. The van der Waals surface area contributed by atoms with Crippen LogP contribution in [0.15, 0.2) is 76.0 Å². The third-order valence-corrected chi connectivity index (χ3v) is 5.37. The number of halogens is 2. The van der Waals surface area contributed by atoms with E-state index in [1.54, 1.807) is 48.5 Å². The molecule has 1 aromatic heterocycles. The zero-order chi connectivity index (χ0) is 20.5. The Morgan fingerprint density at radius 2 is 1.72 bits per heavy atom. The summed E-state index contributed by atoms with van der Waals surface area (Å²) in [7, 11) is 0. The molecule has 0 radical (unpaired) electrons. The van der Waals surface area contributed by atoms with Crippen LogP contribution in [0, 0.1) is 6.92 Å². The number of aryl methyl sites for hydroxylation is 1. The van der Waals surface area contributed by atoms with Gasteiger partial charge in [0, 0.05) is 14.9 Å². The fourth-order valence-corrected chi connectivity index (χ4v) is 3.74. The van der Waals surface area contributed by atoms with E-state index in [4.69, 9.17) is 11.6 Å². The van der Waals surface area contributed by atoms with Gasteiger partial charge in [-0.2, -0.15) is 9.78 Å². The number of rotatable bonds is 3. The highest BCUT2D eigenvalue weighted by Gasteiger charge is 2.18. The first-order valence-electron chi connectivity index (χ1n) is 8.79. The molecule has 0 fully saturated rings. The van der Waals surface area contributed by atoms with E-state index >= 15 is 0 Å². The molecule has 1 amide bonds. The van der Waals surface area contributed by atoms with Crippen LogP contribution in [0.3, 0.4) is 0 Å². The van der Waals surface area contributed by atoms with Crippen LogP contribution in [-0.2, 0) is 0 Å². The van der Waals surface area contributed by atoms with Gasteiger partial charge in [0.25, 0.3) is 11.5 Å². The van der Waals surface area contributed by atoms with Gasteiger partial charge in [0.05, 0.1) is 16.8 Å². The Kier molecular flexibility index (Phi) is 5.22. The van der Waals surface area contributed by atoms with Crippen molar-refractivity contribution in [2.75, 3.05) is 5.32 Å². The Labute approximate surface area is 180 Å². The van der Waals surface area contributed by atoms with E-state index in [0.29, 0.717) is 27.2 Å². The van der Waals surface area contributed by atoms with Crippen molar-refractivity contribution in [3.8, 4) is 5.69 Å². The lowest BCUT2D eigenvalue weighted by molar-refractivity contribution is 0.102. The number of carbonyl (C=O) groups excluding carboxylic acids is 1. The SMILES string of the molecule is Cc1ccc(NC(=O)c2nn(-c3ccc(Cl)cc3)c(=O)c3ccccc23)c(Br)c1. The normalized spacial score (nSPS) is 10.9. The van der Waals surface area contributed by atoms with Gasteiger partial charge in [-0.25, -0.2) is 0 Å². The van der Waals surface area contributed by atoms with E-state index in [1.165, 1.54) is 4.68 Å². The fourth-order valence-electron chi connectivity index (χ4n) is 3.02. The summed E-state index contributed by atoms with van der Waals surface area (Å²) in [6.45, 7) is 1.97. The van der Waals surface area contributed by atoms with Crippen LogP contribution in [0.4, 0.5) is 5.69 Å². The summed E-state index contributed by atoms with van der Waals surface area (Å²) in [6, 6.07) is 19.3. The number of nitrogens with one attached hydrogen (secondary N) is 1. The first-order valence-corrected chi connectivity index (χ1v) is 9.96. The molecule has 0 atom stereocenters. The molecule has 0 saturated heterocycles. The number of fused-ring (bicyclic) bond motifs is 1. The second-order valence-electron chi connectivity index (χ2n) is 6.52. The molecular weight excluding hydrogens is 454 g/mol. The second kappa shape index (κ2) is 7.81. The summed E-state index contributed by atoms with van der Waals surface area (Å²) in [5, 5.41) is 8.69. The molecule has 144 valence electrons. The monoisotopic (exact) mass is 467 g/mol. The number of hydrogen-bond acceptors (Lipinski definition) is 3. The first-order chi connectivity index (χ1) is 13.9. The number of nitrogens with zero attached hydrogens (tertiary/aromatic N) is 2. The van der Waals surface area contributed by atoms with Crippen LogP contribution in [0.2, 0.25) is 5.02 Å². The molecule has 0 unspecified atom stereocenters. The molecular formula is C22H15BrClN3O2.